The second kappa shape index (κ2) is 9.31. The summed E-state index contributed by atoms with van der Waals surface area (Å²) >= 11 is 6.02. The van der Waals surface area contributed by atoms with Gasteiger partial charge in [0.05, 0.1) is 17.8 Å². The molecule has 0 radical (unpaired) electrons. The SMILES string of the molecule is O=C(NCc1cccc(Cl)c1)c1cccc(CN2C(=O)C3CCCN3C(=O)c3ccccc32)c1. The summed E-state index contributed by atoms with van der Waals surface area (Å²) in [5.41, 5.74) is 3.39. The van der Waals surface area contributed by atoms with Gasteiger partial charge in [-0.15, -0.1) is 0 Å². The minimum Gasteiger partial charge on any atom is -0.348 e. The van der Waals surface area contributed by atoms with E-state index in [0.717, 1.165) is 17.5 Å². The van der Waals surface area contributed by atoms with Crippen molar-refractivity contribution in [2.45, 2.75) is 32.0 Å². The highest BCUT2D eigenvalue weighted by atomic mass is 35.5. The van der Waals surface area contributed by atoms with Crippen LogP contribution in [-0.4, -0.2) is 35.2 Å². The number of carbonyl (C=O) groups excluding carboxylic acids is 3. The molecule has 3 amide bonds. The monoisotopic (exact) mass is 473 g/mol. The highest BCUT2D eigenvalue weighted by Gasteiger charge is 2.41. The Balaban J connectivity index is 1.38. The highest BCUT2D eigenvalue weighted by molar-refractivity contribution is 6.30. The molecule has 0 aliphatic carbocycles. The topological polar surface area (TPSA) is 69.7 Å². The summed E-state index contributed by atoms with van der Waals surface area (Å²) in [7, 11) is 0. The second-order valence-corrected chi connectivity index (χ2v) is 9.05. The zero-order valence-electron chi connectivity index (χ0n) is 18.5. The Kier molecular flexibility index (Phi) is 6.07. The predicted octanol–water partition coefficient (Wildman–Crippen LogP) is 4.42. The number of fused-ring (bicyclic) bond motifs is 2. The van der Waals surface area contributed by atoms with Crippen molar-refractivity contribution < 1.29 is 14.4 Å². The lowest BCUT2D eigenvalue weighted by atomic mass is 10.1. The van der Waals surface area contributed by atoms with Gasteiger partial charge < -0.3 is 15.1 Å². The molecular formula is C27H24ClN3O3. The van der Waals surface area contributed by atoms with E-state index in [-0.39, 0.29) is 24.3 Å². The molecule has 7 heteroatoms. The number of carbonyl (C=O) groups is 3. The summed E-state index contributed by atoms with van der Waals surface area (Å²) in [6.07, 6.45) is 1.49. The summed E-state index contributed by atoms with van der Waals surface area (Å²) in [5, 5.41) is 3.54. The van der Waals surface area contributed by atoms with Crippen LogP contribution >= 0.6 is 11.6 Å². The lowest BCUT2D eigenvalue weighted by Crippen LogP contribution is -2.44. The minimum absolute atomic E-state index is 0.0772. The molecule has 0 bridgehead atoms. The molecule has 3 aromatic carbocycles. The fourth-order valence-electron chi connectivity index (χ4n) is 4.70. The second-order valence-electron chi connectivity index (χ2n) is 8.61. The average Bonchev–Trinajstić information content (AvgIpc) is 3.33. The van der Waals surface area contributed by atoms with Crippen molar-refractivity contribution in [1.82, 2.24) is 10.2 Å². The number of anilines is 1. The van der Waals surface area contributed by atoms with Crippen molar-refractivity contribution in [2.75, 3.05) is 11.4 Å². The van der Waals surface area contributed by atoms with E-state index in [1.165, 1.54) is 0 Å². The van der Waals surface area contributed by atoms with Crippen LogP contribution in [0.1, 0.15) is 44.7 Å². The number of nitrogens with zero attached hydrogens (tertiary/aromatic N) is 2. The van der Waals surface area contributed by atoms with Crippen LogP contribution in [0.3, 0.4) is 0 Å². The van der Waals surface area contributed by atoms with E-state index in [1.807, 2.05) is 48.5 Å². The summed E-state index contributed by atoms with van der Waals surface area (Å²) in [6.45, 7) is 1.24. The first-order valence-electron chi connectivity index (χ1n) is 11.3. The number of hydrogen-bond acceptors (Lipinski definition) is 3. The van der Waals surface area contributed by atoms with Gasteiger partial charge >= 0.3 is 0 Å². The summed E-state index contributed by atoms with van der Waals surface area (Å²) in [5.74, 6) is -0.378. The Morgan fingerprint density at radius 3 is 2.62 bits per heavy atom. The van der Waals surface area contributed by atoms with E-state index in [1.54, 1.807) is 34.1 Å². The quantitative estimate of drug-likeness (QED) is 0.596. The van der Waals surface area contributed by atoms with Crippen molar-refractivity contribution in [1.29, 1.82) is 0 Å². The van der Waals surface area contributed by atoms with E-state index >= 15 is 0 Å². The maximum absolute atomic E-state index is 13.5. The standard InChI is InChI=1S/C27H24ClN3O3/c28-21-9-4-6-18(15-21)16-29-25(32)20-8-3-7-19(14-20)17-31-23-11-2-1-10-22(23)26(33)30-13-5-12-24(30)27(31)34/h1-4,6-11,14-15,24H,5,12-13,16-17H2,(H,29,32). The molecule has 1 saturated heterocycles. The van der Waals surface area contributed by atoms with E-state index in [9.17, 15) is 14.4 Å². The maximum atomic E-state index is 13.5. The van der Waals surface area contributed by atoms with Gasteiger partial charge in [-0.05, 0) is 60.4 Å². The molecule has 2 aliphatic rings. The summed E-state index contributed by atoms with van der Waals surface area (Å²) < 4.78 is 0. The number of amides is 3. The van der Waals surface area contributed by atoms with E-state index in [2.05, 4.69) is 5.32 Å². The van der Waals surface area contributed by atoms with Gasteiger partial charge in [0, 0.05) is 23.7 Å². The third kappa shape index (κ3) is 4.29. The number of rotatable bonds is 5. The van der Waals surface area contributed by atoms with Crippen LogP contribution in [0, 0.1) is 0 Å². The van der Waals surface area contributed by atoms with Crippen LogP contribution in [0.4, 0.5) is 5.69 Å². The number of nitrogens with one attached hydrogen (secondary N) is 1. The molecule has 0 aromatic heterocycles. The molecule has 3 aromatic rings. The third-order valence-corrected chi connectivity index (χ3v) is 6.60. The molecule has 5 rings (SSSR count). The third-order valence-electron chi connectivity index (χ3n) is 6.36. The van der Waals surface area contributed by atoms with Gasteiger partial charge in [-0.2, -0.15) is 0 Å². The normalized spacial score (nSPS) is 17.3. The van der Waals surface area contributed by atoms with Crippen LogP contribution in [0.15, 0.2) is 72.8 Å². The molecule has 172 valence electrons. The van der Waals surface area contributed by atoms with Crippen molar-refractivity contribution in [3.8, 4) is 0 Å². The lowest BCUT2D eigenvalue weighted by molar-refractivity contribution is -0.122. The summed E-state index contributed by atoms with van der Waals surface area (Å²) in [6, 6.07) is 21.4. The van der Waals surface area contributed by atoms with Crippen molar-refractivity contribution in [3.05, 3.63) is 100 Å². The Hall–Kier alpha value is -3.64. The van der Waals surface area contributed by atoms with Crippen LogP contribution in [0.2, 0.25) is 5.02 Å². The molecule has 1 atom stereocenters. The van der Waals surface area contributed by atoms with E-state index in [0.29, 0.717) is 41.3 Å². The Morgan fingerprint density at radius 2 is 1.76 bits per heavy atom. The smallest absolute Gasteiger partial charge is 0.256 e. The number of benzene rings is 3. The Bertz CT molecular complexity index is 1280. The minimum atomic E-state index is -0.441. The fraction of sp³-hybridized carbons (Fsp3) is 0.222. The van der Waals surface area contributed by atoms with Gasteiger partial charge in [-0.1, -0.05) is 48.0 Å². The average molecular weight is 474 g/mol. The predicted molar refractivity (Wildman–Crippen MR) is 131 cm³/mol. The van der Waals surface area contributed by atoms with Gasteiger partial charge in [-0.3, -0.25) is 14.4 Å². The highest BCUT2D eigenvalue weighted by Crippen LogP contribution is 2.33. The summed E-state index contributed by atoms with van der Waals surface area (Å²) in [4.78, 5) is 42.8. The van der Waals surface area contributed by atoms with E-state index in [4.69, 9.17) is 11.6 Å². The van der Waals surface area contributed by atoms with Gasteiger partial charge in [0.2, 0.25) is 5.91 Å². The van der Waals surface area contributed by atoms with Crippen LogP contribution < -0.4 is 10.2 Å². The largest absolute Gasteiger partial charge is 0.348 e. The molecule has 6 nitrogen and oxygen atoms in total. The molecular weight excluding hydrogens is 450 g/mol. The van der Waals surface area contributed by atoms with E-state index < -0.39 is 6.04 Å². The Labute approximate surface area is 203 Å². The van der Waals surface area contributed by atoms with Gasteiger partial charge in [0.25, 0.3) is 11.8 Å². The molecule has 2 aliphatic heterocycles. The lowest BCUT2D eigenvalue weighted by Gasteiger charge is -2.26. The zero-order valence-corrected chi connectivity index (χ0v) is 19.3. The molecule has 2 heterocycles. The van der Waals surface area contributed by atoms with Gasteiger partial charge in [0.15, 0.2) is 0 Å². The number of halogens is 1. The van der Waals surface area contributed by atoms with Crippen molar-refractivity contribution >= 4 is 35.0 Å². The molecule has 0 saturated carbocycles. The molecule has 0 spiro atoms. The fourth-order valence-corrected chi connectivity index (χ4v) is 4.91. The molecule has 1 N–H and O–H groups in total. The van der Waals surface area contributed by atoms with Crippen LogP contribution in [0.25, 0.3) is 0 Å². The van der Waals surface area contributed by atoms with Gasteiger partial charge in [-0.25, -0.2) is 0 Å². The van der Waals surface area contributed by atoms with Crippen molar-refractivity contribution in [3.63, 3.8) is 0 Å². The van der Waals surface area contributed by atoms with Crippen molar-refractivity contribution in [2.24, 2.45) is 0 Å². The van der Waals surface area contributed by atoms with Crippen LogP contribution in [-0.2, 0) is 17.9 Å². The van der Waals surface area contributed by atoms with Crippen LogP contribution in [0.5, 0.6) is 0 Å². The number of hydrogen-bond donors (Lipinski definition) is 1. The van der Waals surface area contributed by atoms with Gasteiger partial charge in [0.1, 0.15) is 6.04 Å². The number of para-hydroxylation sites is 1. The maximum Gasteiger partial charge on any atom is 0.256 e. The Morgan fingerprint density at radius 1 is 0.971 bits per heavy atom. The zero-order chi connectivity index (χ0) is 23.7. The first kappa shape index (κ1) is 22.2. The molecule has 34 heavy (non-hydrogen) atoms. The first-order chi connectivity index (χ1) is 16.5. The first-order valence-corrected chi connectivity index (χ1v) is 11.7. The molecule has 1 fully saturated rings. The molecule has 1 unspecified atom stereocenters.